The van der Waals surface area contributed by atoms with Gasteiger partial charge in [0.15, 0.2) is 0 Å². The van der Waals surface area contributed by atoms with E-state index in [1.165, 1.54) is 32.8 Å². The zero-order valence-corrected chi connectivity index (χ0v) is 31.1. The quantitative estimate of drug-likeness (QED) is 0.197. The van der Waals surface area contributed by atoms with Crippen molar-refractivity contribution in [2.24, 2.45) is 16.8 Å². The lowest BCUT2D eigenvalue weighted by molar-refractivity contribution is -0.134. The second-order valence-corrected chi connectivity index (χ2v) is 15.7. The molecule has 2 aliphatic carbocycles. The summed E-state index contributed by atoms with van der Waals surface area (Å²) in [6, 6.07) is 4.14. The number of amides is 2. The van der Waals surface area contributed by atoms with Crippen molar-refractivity contribution in [3.63, 3.8) is 0 Å². The number of hydrogen-bond donors (Lipinski definition) is 1. The fourth-order valence-corrected chi connectivity index (χ4v) is 9.90. The summed E-state index contributed by atoms with van der Waals surface area (Å²) >= 11 is 9.48. The van der Waals surface area contributed by atoms with Gasteiger partial charge in [-0.15, -0.1) is 22.7 Å². The molecular formula is C36H39ClN8O3S2. The molecule has 3 aliphatic rings. The first kappa shape index (κ1) is 34.3. The normalized spacial score (nSPS) is 17.4. The van der Waals surface area contributed by atoms with Crippen LogP contribution in [0.25, 0.3) is 20.4 Å². The molecule has 5 heterocycles. The molecule has 11 nitrogen and oxygen atoms in total. The zero-order chi connectivity index (χ0) is 35.1. The molecule has 5 aromatic rings. The molecular weight excluding hydrogens is 692 g/mol. The van der Waals surface area contributed by atoms with E-state index in [4.69, 9.17) is 16.3 Å². The molecule has 0 radical (unpaired) electrons. The second-order valence-electron chi connectivity index (χ2n) is 13.2. The highest BCUT2D eigenvalue weighted by atomic mass is 35.5. The van der Waals surface area contributed by atoms with E-state index in [9.17, 15) is 9.59 Å². The first-order chi connectivity index (χ1) is 24.1. The topological polar surface area (TPSA) is 126 Å². The van der Waals surface area contributed by atoms with Crippen LogP contribution in [0.4, 0.5) is 11.5 Å². The highest BCUT2D eigenvalue weighted by molar-refractivity contribution is 7.19. The van der Waals surface area contributed by atoms with Gasteiger partial charge in [0.2, 0.25) is 11.8 Å². The van der Waals surface area contributed by atoms with E-state index >= 15 is 0 Å². The van der Waals surface area contributed by atoms with Crippen LogP contribution >= 0.6 is 34.3 Å². The fourth-order valence-electron chi connectivity index (χ4n) is 7.07. The van der Waals surface area contributed by atoms with E-state index in [-0.39, 0.29) is 23.7 Å². The van der Waals surface area contributed by atoms with E-state index in [0.29, 0.717) is 18.3 Å². The molecule has 4 aromatic heterocycles. The van der Waals surface area contributed by atoms with Gasteiger partial charge in [0.05, 0.1) is 29.6 Å². The monoisotopic (exact) mass is 730 g/mol. The van der Waals surface area contributed by atoms with Crippen LogP contribution in [0.1, 0.15) is 51.8 Å². The largest absolute Gasteiger partial charge is 0.492 e. The molecule has 260 valence electrons. The van der Waals surface area contributed by atoms with Gasteiger partial charge in [-0.2, -0.15) is 0 Å². The number of aryl methyl sites for hydroxylation is 2. The van der Waals surface area contributed by atoms with Gasteiger partial charge in [-0.3, -0.25) is 14.6 Å². The summed E-state index contributed by atoms with van der Waals surface area (Å²) < 4.78 is 5.90. The molecule has 8 rings (SSSR count). The second kappa shape index (κ2) is 14.2. The third-order valence-electron chi connectivity index (χ3n) is 9.51. The lowest BCUT2D eigenvalue weighted by Gasteiger charge is -2.24. The molecule has 1 aliphatic heterocycles. The van der Waals surface area contributed by atoms with Crippen molar-refractivity contribution in [2.75, 3.05) is 40.1 Å². The summed E-state index contributed by atoms with van der Waals surface area (Å²) in [5.74, 6) is 2.13. The number of ether oxygens (including phenoxy) is 1. The van der Waals surface area contributed by atoms with Crippen LogP contribution < -0.4 is 10.1 Å². The Morgan fingerprint density at radius 1 is 0.880 bits per heavy atom. The minimum atomic E-state index is 0.0421. The highest BCUT2D eigenvalue weighted by Crippen LogP contribution is 2.42. The Labute approximate surface area is 303 Å². The third kappa shape index (κ3) is 6.54. The molecule has 2 unspecified atom stereocenters. The number of carbonyl (C=O) groups is 2. The number of thiophene rings is 2. The summed E-state index contributed by atoms with van der Waals surface area (Å²) in [6.07, 6.45) is 10.0. The molecule has 2 atom stereocenters. The Bertz CT molecular complexity index is 2140. The van der Waals surface area contributed by atoms with Crippen LogP contribution in [0.2, 0.25) is 5.15 Å². The molecule has 0 fully saturated rings. The highest BCUT2D eigenvalue weighted by Gasteiger charge is 2.31. The molecule has 1 aromatic carbocycles. The Hall–Kier alpha value is -4.20. The van der Waals surface area contributed by atoms with Crippen LogP contribution in [0.3, 0.4) is 0 Å². The summed E-state index contributed by atoms with van der Waals surface area (Å²) in [6.45, 7) is 3.26. The number of anilines is 2. The van der Waals surface area contributed by atoms with Crippen LogP contribution in [0, 0.1) is 11.8 Å². The van der Waals surface area contributed by atoms with Crippen molar-refractivity contribution in [1.29, 1.82) is 0 Å². The van der Waals surface area contributed by atoms with Crippen molar-refractivity contribution in [1.82, 2.24) is 29.7 Å². The smallest absolute Gasteiger partial charge is 0.225 e. The Morgan fingerprint density at radius 2 is 1.48 bits per heavy atom. The predicted octanol–water partition coefficient (Wildman–Crippen LogP) is 6.50. The first-order valence-corrected chi connectivity index (χ1v) is 18.8. The number of aliphatic imine (C=N–C) groups is 1. The third-order valence-corrected chi connectivity index (χ3v) is 12.1. The van der Waals surface area contributed by atoms with E-state index in [1.807, 2.05) is 41.3 Å². The van der Waals surface area contributed by atoms with E-state index < -0.39 is 0 Å². The molecule has 2 amide bonds. The SMILES string of the molecule is CCOc1cc2c(cc1Nc1ncnc3sc4c(c13)CCC(C(=O)N(C)C)C4)C=NC2.CN(C)C(=O)C1CCc2c(sc3ncnc(Cl)c23)C1. The Kier molecular flexibility index (Phi) is 9.73. The first-order valence-electron chi connectivity index (χ1n) is 16.8. The fraction of sp³-hybridized carbons (Fsp3) is 0.417. The number of aromatic nitrogens is 4. The van der Waals surface area contributed by atoms with Crippen LogP contribution in [-0.2, 0) is 41.8 Å². The van der Waals surface area contributed by atoms with Crippen molar-refractivity contribution in [2.45, 2.75) is 52.0 Å². The molecule has 0 saturated heterocycles. The van der Waals surface area contributed by atoms with Gasteiger partial charge in [0.1, 0.15) is 39.0 Å². The van der Waals surface area contributed by atoms with Crippen molar-refractivity contribution >= 4 is 84.2 Å². The van der Waals surface area contributed by atoms with Gasteiger partial charge in [-0.25, -0.2) is 19.9 Å². The Morgan fingerprint density at radius 3 is 2.10 bits per heavy atom. The van der Waals surface area contributed by atoms with Crippen LogP contribution in [0.15, 0.2) is 29.8 Å². The van der Waals surface area contributed by atoms with E-state index in [2.05, 4.69) is 42.4 Å². The minimum absolute atomic E-state index is 0.0421. The van der Waals surface area contributed by atoms with Crippen molar-refractivity contribution < 1.29 is 14.3 Å². The maximum atomic E-state index is 12.5. The van der Waals surface area contributed by atoms with Gasteiger partial charge in [-0.05, 0) is 79.8 Å². The average Bonchev–Trinajstić information content (AvgIpc) is 3.82. The van der Waals surface area contributed by atoms with Gasteiger partial charge in [0, 0.05) is 56.0 Å². The predicted molar refractivity (Wildman–Crippen MR) is 200 cm³/mol. The molecule has 50 heavy (non-hydrogen) atoms. The number of rotatable bonds is 6. The maximum Gasteiger partial charge on any atom is 0.225 e. The molecule has 0 saturated carbocycles. The van der Waals surface area contributed by atoms with E-state index in [1.54, 1.807) is 38.8 Å². The van der Waals surface area contributed by atoms with Gasteiger partial charge >= 0.3 is 0 Å². The summed E-state index contributed by atoms with van der Waals surface area (Å²) in [5.41, 5.74) is 5.67. The maximum absolute atomic E-state index is 12.5. The number of fused-ring (bicyclic) bond motifs is 7. The number of nitrogens with zero attached hydrogens (tertiary/aromatic N) is 7. The summed E-state index contributed by atoms with van der Waals surface area (Å²) in [7, 11) is 7.28. The molecule has 14 heteroatoms. The van der Waals surface area contributed by atoms with Crippen LogP contribution in [-0.4, -0.2) is 82.6 Å². The van der Waals surface area contributed by atoms with Crippen LogP contribution in [0.5, 0.6) is 5.75 Å². The molecule has 1 N–H and O–H groups in total. The van der Waals surface area contributed by atoms with E-state index in [0.717, 1.165) is 81.8 Å². The lowest BCUT2D eigenvalue weighted by atomic mass is 9.87. The number of carbonyl (C=O) groups excluding carboxylic acids is 2. The molecule has 0 spiro atoms. The number of benzene rings is 1. The summed E-state index contributed by atoms with van der Waals surface area (Å²) in [5, 5.41) is 6.09. The minimum Gasteiger partial charge on any atom is -0.492 e. The lowest BCUT2D eigenvalue weighted by Crippen LogP contribution is -2.32. The van der Waals surface area contributed by atoms with Crippen molar-refractivity contribution in [3.8, 4) is 5.75 Å². The standard InChI is InChI=1S/C23H25N5O2S.C13H14ClN3OS/c1-4-30-18-8-15-11-24-10-14(15)7-17(18)27-21-20-16-6-5-13(23(29)28(2)3)9-19(16)31-22(20)26-12-25-21;1-17(2)13(18)7-3-4-8-9(5-7)19-12-10(8)11(14)15-6-16-12/h7-8,10,12-13H,4-6,9,11H2,1-3H3,(H,25,26,27);6-7H,3-5H2,1-2H3. The van der Waals surface area contributed by atoms with Crippen molar-refractivity contribution in [3.05, 3.63) is 61.9 Å². The van der Waals surface area contributed by atoms with Gasteiger partial charge in [0.25, 0.3) is 0 Å². The Balaban J connectivity index is 0.000000176. The average molecular weight is 731 g/mol. The van der Waals surface area contributed by atoms with Gasteiger partial charge in [-0.1, -0.05) is 11.6 Å². The van der Waals surface area contributed by atoms with Gasteiger partial charge < -0.3 is 19.9 Å². The summed E-state index contributed by atoms with van der Waals surface area (Å²) in [4.78, 5) is 54.1. The number of nitrogens with one attached hydrogen (secondary N) is 1. The number of hydrogen-bond acceptors (Lipinski definition) is 11. The number of halogens is 1. The zero-order valence-electron chi connectivity index (χ0n) is 28.7. The molecule has 0 bridgehead atoms.